The summed E-state index contributed by atoms with van der Waals surface area (Å²) < 4.78 is 0. The molecule has 4 nitrogen and oxygen atoms in total. The second kappa shape index (κ2) is 9.45. The lowest BCUT2D eigenvalue weighted by Gasteiger charge is -2.27. The van der Waals surface area contributed by atoms with E-state index < -0.39 is 12.1 Å². The zero-order valence-corrected chi connectivity index (χ0v) is 19.4. The quantitative estimate of drug-likeness (QED) is 0.545. The zero-order valence-electron chi connectivity index (χ0n) is 17.9. The predicted octanol–water partition coefficient (Wildman–Crippen LogP) is 5.42. The first kappa shape index (κ1) is 22.5. The molecule has 4 rings (SSSR count). The molecule has 3 aromatic carbocycles. The standard InChI is InChI=1S/C26H24Cl2N2O2/c1-16(14-17-8-10-19(27)11-9-17)25(31)24-26(32)30(2)22-13-12-20(28)15-21(22)23(29-24)18-6-4-3-5-7-18/h3-13,15-16,24-25,31H,14H2,1-2H3/t16-,24-,25+/m1/s1. The summed E-state index contributed by atoms with van der Waals surface area (Å²) in [5.74, 6) is -0.459. The van der Waals surface area contributed by atoms with Crippen LogP contribution in [0, 0.1) is 5.92 Å². The fourth-order valence-electron chi connectivity index (χ4n) is 4.04. The predicted molar refractivity (Wildman–Crippen MR) is 131 cm³/mol. The molecule has 0 bridgehead atoms. The highest BCUT2D eigenvalue weighted by molar-refractivity contribution is 6.32. The van der Waals surface area contributed by atoms with Gasteiger partial charge in [0, 0.05) is 28.2 Å². The smallest absolute Gasteiger partial charge is 0.254 e. The molecule has 0 spiro atoms. The molecule has 3 atom stereocenters. The van der Waals surface area contributed by atoms with Crippen LogP contribution in [0.15, 0.2) is 77.8 Å². The second-order valence-corrected chi connectivity index (χ2v) is 9.02. The van der Waals surface area contributed by atoms with E-state index in [0.717, 1.165) is 16.7 Å². The van der Waals surface area contributed by atoms with Crippen molar-refractivity contribution in [3.05, 3.63) is 99.5 Å². The van der Waals surface area contributed by atoms with Crippen molar-refractivity contribution in [2.75, 3.05) is 11.9 Å². The summed E-state index contributed by atoms with van der Waals surface area (Å²) in [4.78, 5) is 19.8. The summed E-state index contributed by atoms with van der Waals surface area (Å²) in [5, 5.41) is 12.5. The number of benzodiazepines with no additional fused rings is 1. The molecule has 0 fully saturated rings. The molecule has 0 unspecified atom stereocenters. The SMILES string of the molecule is C[C@H](Cc1ccc(Cl)cc1)[C@H](O)[C@H]1N=C(c2ccccc2)c2cc(Cl)ccc2N(C)C1=O. The van der Waals surface area contributed by atoms with Crippen molar-refractivity contribution >= 4 is 40.5 Å². The Morgan fingerprint density at radius 1 is 1.00 bits per heavy atom. The number of carbonyl (C=O) groups is 1. The minimum Gasteiger partial charge on any atom is -0.390 e. The van der Waals surface area contributed by atoms with Gasteiger partial charge < -0.3 is 10.0 Å². The third kappa shape index (κ3) is 4.58. The van der Waals surface area contributed by atoms with Gasteiger partial charge in [0.05, 0.1) is 17.5 Å². The third-order valence-corrected chi connectivity index (χ3v) is 6.34. The van der Waals surface area contributed by atoms with Gasteiger partial charge in [0.2, 0.25) is 0 Å². The first-order chi connectivity index (χ1) is 15.3. The van der Waals surface area contributed by atoms with Crippen LogP contribution in [0.1, 0.15) is 23.6 Å². The van der Waals surface area contributed by atoms with Crippen molar-refractivity contribution in [3.63, 3.8) is 0 Å². The fraction of sp³-hybridized carbons (Fsp3) is 0.231. The average Bonchev–Trinajstić information content (AvgIpc) is 2.90. The van der Waals surface area contributed by atoms with Crippen LogP contribution in [0.4, 0.5) is 5.69 Å². The molecule has 1 aliphatic heterocycles. The molecule has 0 saturated carbocycles. The number of halogens is 2. The first-order valence-electron chi connectivity index (χ1n) is 10.5. The van der Waals surface area contributed by atoms with Gasteiger partial charge in [-0.2, -0.15) is 0 Å². The zero-order chi connectivity index (χ0) is 22.8. The van der Waals surface area contributed by atoms with Gasteiger partial charge in [-0.15, -0.1) is 0 Å². The molecule has 1 amide bonds. The highest BCUT2D eigenvalue weighted by Gasteiger charge is 2.37. The van der Waals surface area contributed by atoms with Crippen LogP contribution >= 0.6 is 23.2 Å². The van der Waals surface area contributed by atoms with Gasteiger partial charge in [-0.05, 0) is 48.2 Å². The Morgan fingerprint density at radius 3 is 2.34 bits per heavy atom. The molecule has 1 N–H and O–H groups in total. The molecule has 3 aromatic rings. The summed E-state index contributed by atoms with van der Waals surface area (Å²) in [5.41, 5.74) is 4.02. The normalized spacial score (nSPS) is 17.9. The molecule has 0 aromatic heterocycles. The minimum atomic E-state index is -0.968. The Kier molecular flexibility index (Phi) is 6.66. The Bertz CT molecular complexity index is 1150. The molecule has 6 heteroatoms. The fourth-order valence-corrected chi connectivity index (χ4v) is 4.34. The summed E-state index contributed by atoms with van der Waals surface area (Å²) >= 11 is 12.3. The summed E-state index contributed by atoms with van der Waals surface area (Å²) in [6.45, 7) is 1.93. The van der Waals surface area contributed by atoms with E-state index in [1.165, 1.54) is 0 Å². The maximum absolute atomic E-state index is 13.4. The number of hydrogen-bond acceptors (Lipinski definition) is 3. The lowest BCUT2D eigenvalue weighted by atomic mass is 9.91. The van der Waals surface area contributed by atoms with Crippen LogP contribution in [0.3, 0.4) is 0 Å². The van der Waals surface area contributed by atoms with Crippen molar-refractivity contribution in [2.45, 2.75) is 25.5 Å². The number of carbonyl (C=O) groups excluding carboxylic acids is 1. The van der Waals surface area contributed by atoms with Crippen molar-refractivity contribution in [3.8, 4) is 0 Å². The van der Waals surface area contributed by atoms with Crippen LogP contribution < -0.4 is 4.90 Å². The van der Waals surface area contributed by atoms with Gasteiger partial charge in [0.25, 0.3) is 5.91 Å². The van der Waals surface area contributed by atoms with Gasteiger partial charge in [-0.3, -0.25) is 9.79 Å². The van der Waals surface area contributed by atoms with Crippen LogP contribution in [0.2, 0.25) is 10.0 Å². The summed E-state index contributed by atoms with van der Waals surface area (Å²) in [6, 6.07) is 21.6. The van der Waals surface area contributed by atoms with Crippen LogP contribution in [-0.4, -0.2) is 35.9 Å². The van der Waals surface area contributed by atoms with Crippen LogP contribution in [0.25, 0.3) is 0 Å². The number of likely N-dealkylation sites (N-methyl/N-ethyl adjacent to an activating group) is 1. The molecule has 1 heterocycles. The molecule has 164 valence electrons. The van der Waals surface area contributed by atoms with Gasteiger partial charge in [0.15, 0.2) is 6.04 Å². The molecule has 1 aliphatic rings. The van der Waals surface area contributed by atoms with Gasteiger partial charge in [0.1, 0.15) is 0 Å². The third-order valence-electron chi connectivity index (χ3n) is 5.85. The van der Waals surface area contributed by atoms with Crippen molar-refractivity contribution in [1.82, 2.24) is 0 Å². The average molecular weight is 467 g/mol. The van der Waals surface area contributed by atoms with E-state index in [2.05, 4.69) is 0 Å². The van der Waals surface area contributed by atoms with E-state index in [-0.39, 0.29) is 11.8 Å². The molecule has 0 saturated heterocycles. The number of benzene rings is 3. The summed E-state index contributed by atoms with van der Waals surface area (Å²) in [6.07, 6.45) is -0.370. The molecular weight excluding hydrogens is 443 g/mol. The highest BCUT2D eigenvalue weighted by atomic mass is 35.5. The Hall–Kier alpha value is -2.66. The molecule has 0 radical (unpaired) electrons. The van der Waals surface area contributed by atoms with E-state index in [1.807, 2.05) is 73.7 Å². The molecular formula is C26H24Cl2N2O2. The lowest BCUT2D eigenvalue weighted by molar-refractivity contribution is -0.122. The van der Waals surface area contributed by atoms with Gasteiger partial charge in [-0.25, -0.2) is 0 Å². The highest BCUT2D eigenvalue weighted by Crippen LogP contribution is 2.32. The summed E-state index contributed by atoms with van der Waals surface area (Å²) in [7, 11) is 1.71. The van der Waals surface area contributed by atoms with Crippen molar-refractivity contribution < 1.29 is 9.90 Å². The number of hydrogen-bond donors (Lipinski definition) is 1. The van der Waals surface area contributed by atoms with E-state index in [4.69, 9.17) is 28.2 Å². The number of aliphatic hydroxyl groups is 1. The number of aliphatic hydroxyl groups excluding tert-OH is 1. The van der Waals surface area contributed by atoms with Gasteiger partial charge >= 0.3 is 0 Å². The number of fused-ring (bicyclic) bond motifs is 1. The largest absolute Gasteiger partial charge is 0.390 e. The van der Waals surface area contributed by atoms with E-state index in [0.29, 0.717) is 27.9 Å². The molecule has 0 aliphatic carbocycles. The number of anilines is 1. The monoisotopic (exact) mass is 466 g/mol. The van der Waals surface area contributed by atoms with Crippen LogP contribution in [-0.2, 0) is 11.2 Å². The lowest BCUT2D eigenvalue weighted by Crippen LogP contribution is -2.44. The second-order valence-electron chi connectivity index (χ2n) is 8.15. The van der Waals surface area contributed by atoms with Crippen molar-refractivity contribution in [2.24, 2.45) is 10.9 Å². The topological polar surface area (TPSA) is 52.9 Å². The Morgan fingerprint density at radius 2 is 1.66 bits per heavy atom. The van der Waals surface area contributed by atoms with Gasteiger partial charge in [-0.1, -0.05) is 72.6 Å². The molecule has 32 heavy (non-hydrogen) atoms. The number of aliphatic imine (C=N–C) groups is 1. The maximum atomic E-state index is 13.4. The Balaban J connectivity index is 1.75. The number of rotatable bonds is 5. The number of nitrogens with zero attached hydrogens (tertiary/aromatic N) is 2. The van der Waals surface area contributed by atoms with E-state index >= 15 is 0 Å². The van der Waals surface area contributed by atoms with E-state index in [9.17, 15) is 9.90 Å². The number of amides is 1. The van der Waals surface area contributed by atoms with E-state index in [1.54, 1.807) is 18.0 Å². The maximum Gasteiger partial charge on any atom is 0.254 e. The minimum absolute atomic E-state index is 0.205. The first-order valence-corrected chi connectivity index (χ1v) is 11.2. The Labute approximate surface area is 198 Å². The van der Waals surface area contributed by atoms with Crippen LogP contribution in [0.5, 0.6) is 0 Å². The van der Waals surface area contributed by atoms with Crippen molar-refractivity contribution in [1.29, 1.82) is 0 Å².